The molecule has 0 radical (unpaired) electrons. The lowest BCUT2D eigenvalue weighted by Gasteiger charge is -2.25. The number of ether oxygens (including phenoxy) is 1. The Morgan fingerprint density at radius 1 is 1.43 bits per heavy atom. The zero-order valence-electron chi connectivity index (χ0n) is 12.8. The number of rotatable bonds is 8. The van der Waals surface area contributed by atoms with Gasteiger partial charge in [0.15, 0.2) is 0 Å². The van der Waals surface area contributed by atoms with Crippen molar-refractivity contribution in [2.24, 2.45) is 5.92 Å². The Kier molecular flexibility index (Phi) is 6.64. The van der Waals surface area contributed by atoms with Gasteiger partial charge in [-0.2, -0.15) is 0 Å². The van der Waals surface area contributed by atoms with Gasteiger partial charge in [0.25, 0.3) is 0 Å². The van der Waals surface area contributed by atoms with Crippen LogP contribution in [0.2, 0.25) is 0 Å². The van der Waals surface area contributed by atoms with Crippen LogP contribution in [0.3, 0.4) is 0 Å². The zero-order valence-corrected chi connectivity index (χ0v) is 12.8. The number of aromatic nitrogens is 3. The minimum atomic E-state index is -0.438. The number of nitrogens with zero attached hydrogens (tertiary/aromatic N) is 4. The summed E-state index contributed by atoms with van der Waals surface area (Å²) in [7, 11) is 1.31. The molecule has 2 N–H and O–H groups in total. The first-order valence-electron chi connectivity index (χ1n) is 6.99. The van der Waals surface area contributed by atoms with Crippen LogP contribution in [-0.2, 0) is 20.9 Å². The number of carbonyl (C=O) groups excluding carboxylic acids is 2. The molecular formula is C13H23N5O3. The van der Waals surface area contributed by atoms with Gasteiger partial charge in [-0.15, -0.1) is 5.10 Å². The van der Waals surface area contributed by atoms with Gasteiger partial charge in [-0.05, 0) is 5.92 Å². The topological polar surface area (TPSA) is 103 Å². The summed E-state index contributed by atoms with van der Waals surface area (Å²) in [6.45, 7) is 4.59. The van der Waals surface area contributed by atoms with Crippen molar-refractivity contribution in [3.63, 3.8) is 0 Å². The predicted molar refractivity (Wildman–Crippen MR) is 77.1 cm³/mol. The van der Waals surface area contributed by atoms with Crippen LogP contribution in [-0.4, -0.2) is 51.7 Å². The number of amides is 1. The number of methoxy groups -OCH3 is 1. The number of hydrogen-bond donors (Lipinski definition) is 1. The quantitative estimate of drug-likeness (QED) is 0.692. The second kappa shape index (κ2) is 8.23. The Morgan fingerprint density at radius 3 is 2.57 bits per heavy atom. The molecule has 8 heteroatoms. The molecule has 0 spiro atoms. The number of esters is 1. The second-order valence-electron chi connectivity index (χ2n) is 4.83. The maximum atomic E-state index is 12.3. The molecule has 21 heavy (non-hydrogen) atoms. The Hall–Kier alpha value is -2.12. The molecular weight excluding hydrogens is 274 g/mol. The average Bonchev–Trinajstić information content (AvgIpc) is 2.88. The van der Waals surface area contributed by atoms with Gasteiger partial charge in [-0.25, -0.2) is 9.67 Å². The Morgan fingerprint density at radius 2 is 2.10 bits per heavy atom. The number of carbonyl (C=O) groups is 2. The Bertz CT molecular complexity index is 470. The standard InChI is InChI=1S/C13H23N5O3/c1-4-10(5-2)6-17(8-12(20)21-3)11(19)7-18-9-15-13(14)16-18/h9-10H,4-8H2,1-3H3,(H2,14,16). The minimum Gasteiger partial charge on any atom is -0.468 e. The van der Waals surface area contributed by atoms with Crippen LogP contribution in [0.15, 0.2) is 6.33 Å². The highest BCUT2D eigenvalue weighted by atomic mass is 16.5. The maximum Gasteiger partial charge on any atom is 0.325 e. The van der Waals surface area contributed by atoms with E-state index in [1.807, 2.05) is 0 Å². The van der Waals surface area contributed by atoms with Gasteiger partial charge in [0, 0.05) is 6.54 Å². The SMILES string of the molecule is CCC(CC)CN(CC(=O)OC)C(=O)Cn1cnc(N)n1. The summed E-state index contributed by atoms with van der Waals surface area (Å²) < 4.78 is 6.00. The molecule has 0 unspecified atom stereocenters. The molecule has 0 aromatic carbocycles. The highest BCUT2D eigenvalue weighted by Gasteiger charge is 2.21. The summed E-state index contributed by atoms with van der Waals surface area (Å²) in [6.07, 6.45) is 3.27. The molecule has 0 saturated heterocycles. The summed E-state index contributed by atoms with van der Waals surface area (Å²) in [5.41, 5.74) is 5.41. The first-order chi connectivity index (χ1) is 9.99. The maximum absolute atomic E-state index is 12.3. The largest absolute Gasteiger partial charge is 0.468 e. The van der Waals surface area contributed by atoms with Crippen LogP contribution < -0.4 is 5.73 Å². The summed E-state index contributed by atoms with van der Waals surface area (Å²) in [5, 5.41) is 3.87. The highest BCUT2D eigenvalue weighted by molar-refractivity contribution is 5.81. The third-order valence-electron chi connectivity index (χ3n) is 3.39. The van der Waals surface area contributed by atoms with E-state index in [-0.39, 0.29) is 24.9 Å². The van der Waals surface area contributed by atoms with Gasteiger partial charge in [0.2, 0.25) is 11.9 Å². The molecule has 0 aliphatic heterocycles. The Labute approximate surface area is 124 Å². The van der Waals surface area contributed by atoms with Crippen LogP contribution in [0.5, 0.6) is 0 Å². The fraction of sp³-hybridized carbons (Fsp3) is 0.692. The molecule has 0 saturated carbocycles. The van der Waals surface area contributed by atoms with Crippen molar-refractivity contribution >= 4 is 17.8 Å². The number of nitrogen functional groups attached to an aromatic ring is 1. The molecule has 0 fully saturated rings. The van der Waals surface area contributed by atoms with Crippen molar-refractivity contribution in [3.05, 3.63) is 6.33 Å². The average molecular weight is 297 g/mol. The van der Waals surface area contributed by atoms with Gasteiger partial charge in [-0.1, -0.05) is 26.7 Å². The van der Waals surface area contributed by atoms with Gasteiger partial charge in [-0.3, -0.25) is 9.59 Å². The molecule has 0 bridgehead atoms. The molecule has 0 atom stereocenters. The summed E-state index contributed by atoms with van der Waals surface area (Å²) in [6, 6.07) is 0. The summed E-state index contributed by atoms with van der Waals surface area (Å²) >= 11 is 0. The molecule has 1 aromatic rings. The van der Waals surface area contributed by atoms with Crippen molar-refractivity contribution in [1.29, 1.82) is 0 Å². The normalized spacial score (nSPS) is 10.7. The van der Waals surface area contributed by atoms with Crippen molar-refractivity contribution in [3.8, 4) is 0 Å². The van der Waals surface area contributed by atoms with Gasteiger partial charge in [0.05, 0.1) is 7.11 Å². The van der Waals surface area contributed by atoms with Crippen LogP contribution in [0.4, 0.5) is 5.95 Å². The van der Waals surface area contributed by atoms with E-state index >= 15 is 0 Å². The van der Waals surface area contributed by atoms with Crippen molar-refractivity contribution in [1.82, 2.24) is 19.7 Å². The van der Waals surface area contributed by atoms with E-state index < -0.39 is 5.97 Å². The predicted octanol–water partition coefficient (Wildman–Crippen LogP) is 0.298. The molecule has 8 nitrogen and oxygen atoms in total. The van der Waals surface area contributed by atoms with E-state index in [0.717, 1.165) is 12.8 Å². The van der Waals surface area contributed by atoms with E-state index in [2.05, 4.69) is 28.7 Å². The summed E-state index contributed by atoms with van der Waals surface area (Å²) in [4.78, 5) is 29.1. The van der Waals surface area contributed by atoms with Crippen molar-refractivity contribution in [2.45, 2.75) is 33.2 Å². The van der Waals surface area contributed by atoms with Gasteiger partial charge >= 0.3 is 5.97 Å². The second-order valence-corrected chi connectivity index (χ2v) is 4.83. The lowest BCUT2D eigenvalue weighted by molar-refractivity contribution is -0.147. The van der Waals surface area contributed by atoms with Crippen LogP contribution in [0.25, 0.3) is 0 Å². The molecule has 118 valence electrons. The van der Waals surface area contributed by atoms with E-state index in [4.69, 9.17) is 5.73 Å². The van der Waals surface area contributed by atoms with Crippen molar-refractivity contribution in [2.75, 3.05) is 25.9 Å². The number of anilines is 1. The third kappa shape index (κ3) is 5.41. The first-order valence-corrected chi connectivity index (χ1v) is 6.99. The zero-order chi connectivity index (χ0) is 15.8. The van der Waals surface area contributed by atoms with E-state index in [0.29, 0.717) is 12.5 Å². The molecule has 1 aromatic heterocycles. The Balaban J connectivity index is 2.73. The molecule has 1 amide bonds. The molecule has 1 heterocycles. The first kappa shape index (κ1) is 16.9. The number of hydrogen-bond acceptors (Lipinski definition) is 6. The lowest BCUT2D eigenvalue weighted by atomic mass is 10.0. The van der Waals surface area contributed by atoms with Crippen LogP contribution >= 0.6 is 0 Å². The monoisotopic (exact) mass is 297 g/mol. The van der Waals surface area contributed by atoms with Gasteiger partial charge < -0.3 is 15.4 Å². The molecule has 1 rings (SSSR count). The van der Waals surface area contributed by atoms with Crippen LogP contribution in [0.1, 0.15) is 26.7 Å². The van der Waals surface area contributed by atoms with Crippen LogP contribution in [0, 0.1) is 5.92 Å². The smallest absolute Gasteiger partial charge is 0.325 e. The molecule has 0 aliphatic carbocycles. The van der Waals surface area contributed by atoms with E-state index in [9.17, 15) is 9.59 Å². The van der Waals surface area contributed by atoms with Gasteiger partial charge in [0.1, 0.15) is 19.4 Å². The summed E-state index contributed by atoms with van der Waals surface area (Å²) in [5.74, 6) is -0.189. The molecule has 0 aliphatic rings. The fourth-order valence-corrected chi connectivity index (χ4v) is 1.96. The minimum absolute atomic E-state index is 0.00133. The van der Waals surface area contributed by atoms with Crippen molar-refractivity contribution < 1.29 is 14.3 Å². The fourth-order valence-electron chi connectivity index (χ4n) is 1.96. The van der Waals surface area contributed by atoms with E-state index in [1.165, 1.54) is 23.0 Å². The lowest BCUT2D eigenvalue weighted by Crippen LogP contribution is -2.41. The highest BCUT2D eigenvalue weighted by Crippen LogP contribution is 2.10. The number of nitrogens with two attached hydrogens (primary N) is 1. The van der Waals surface area contributed by atoms with E-state index in [1.54, 1.807) is 0 Å². The third-order valence-corrected chi connectivity index (χ3v) is 3.39.